The smallest absolute Gasteiger partial charge is 0.419 e. The zero-order chi connectivity index (χ0) is 11.5. The van der Waals surface area contributed by atoms with Gasteiger partial charge in [-0.2, -0.15) is 13.2 Å². The lowest BCUT2D eigenvalue weighted by Crippen LogP contribution is -2.13. The molecule has 0 unspecified atom stereocenters. The minimum Gasteiger partial charge on any atom is -0.464 e. The van der Waals surface area contributed by atoms with Crippen LogP contribution in [0.2, 0.25) is 0 Å². The molecule has 0 saturated heterocycles. The lowest BCUT2D eigenvalue weighted by molar-refractivity contribution is -0.0704. The maximum absolute atomic E-state index is 12.4. The van der Waals surface area contributed by atoms with Crippen molar-refractivity contribution >= 4 is 5.57 Å². The van der Waals surface area contributed by atoms with Crippen LogP contribution in [0.5, 0.6) is 0 Å². The fourth-order valence-corrected chi connectivity index (χ4v) is 1.48. The molecule has 0 aliphatic heterocycles. The molecule has 1 aromatic heterocycles. The van der Waals surface area contributed by atoms with E-state index in [1.54, 1.807) is 6.07 Å². The standard InChI is InChI=1S/C9H7F3O.C2H6/c10-9(11,12)7-3-1-2-6-4-5-13-8(6)7;1-2/h3-5H,1-2H2;1-2H3. The van der Waals surface area contributed by atoms with Gasteiger partial charge in [-0.1, -0.05) is 19.9 Å². The molecule has 0 fully saturated rings. The van der Waals surface area contributed by atoms with Crippen molar-refractivity contribution in [1.82, 2.24) is 0 Å². The van der Waals surface area contributed by atoms with E-state index in [1.165, 1.54) is 12.3 Å². The summed E-state index contributed by atoms with van der Waals surface area (Å²) in [5, 5.41) is 0. The highest BCUT2D eigenvalue weighted by molar-refractivity contribution is 5.69. The van der Waals surface area contributed by atoms with Gasteiger partial charge in [0.05, 0.1) is 11.8 Å². The van der Waals surface area contributed by atoms with E-state index in [4.69, 9.17) is 4.42 Å². The second-order valence-electron chi connectivity index (χ2n) is 2.93. The van der Waals surface area contributed by atoms with Gasteiger partial charge in [-0.05, 0) is 24.5 Å². The molecule has 0 bridgehead atoms. The van der Waals surface area contributed by atoms with Gasteiger partial charge in [0.1, 0.15) is 5.76 Å². The van der Waals surface area contributed by atoms with Crippen LogP contribution in [0.4, 0.5) is 13.2 Å². The molecule has 1 heterocycles. The van der Waals surface area contributed by atoms with Crippen LogP contribution >= 0.6 is 0 Å². The van der Waals surface area contributed by atoms with E-state index < -0.39 is 11.7 Å². The number of fused-ring (bicyclic) bond motifs is 1. The van der Waals surface area contributed by atoms with Gasteiger partial charge in [0.2, 0.25) is 0 Å². The van der Waals surface area contributed by atoms with Crippen molar-refractivity contribution in [2.45, 2.75) is 32.9 Å². The van der Waals surface area contributed by atoms with Crippen LogP contribution in [0.1, 0.15) is 31.6 Å². The van der Waals surface area contributed by atoms with E-state index in [9.17, 15) is 13.2 Å². The van der Waals surface area contributed by atoms with Gasteiger partial charge < -0.3 is 4.42 Å². The Labute approximate surface area is 86.6 Å². The predicted molar refractivity (Wildman–Crippen MR) is 52.4 cm³/mol. The van der Waals surface area contributed by atoms with Gasteiger partial charge in [-0.15, -0.1) is 0 Å². The van der Waals surface area contributed by atoms with Crippen molar-refractivity contribution in [2.75, 3.05) is 0 Å². The van der Waals surface area contributed by atoms with Gasteiger partial charge in [0.15, 0.2) is 0 Å². The first-order chi connectivity index (χ1) is 7.09. The van der Waals surface area contributed by atoms with E-state index in [-0.39, 0.29) is 5.76 Å². The van der Waals surface area contributed by atoms with E-state index in [1.807, 2.05) is 13.8 Å². The molecule has 4 heteroatoms. The average molecular weight is 218 g/mol. The Hall–Kier alpha value is -1.19. The first kappa shape index (κ1) is 11.9. The van der Waals surface area contributed by atoms with Crippen molar-refractivity contribution in [1.29, 1.82) is 0 Å². The van der Waals surface area contributed by atoms with Crippen LogP contribution in [0.15, 0.2) is 22.8 Å². The minimum absolute atomic E-state index is 0.0150. The number of halogens is 3. The molecule has 0 saturated carbocycles. The highest BCUT2D eigenvalue weighted by Gasteiger charge is 2.38. The lowest BCUT2D eigenvalue weighted by atomic mass is 9.98. The monoisotopic (exact) mass is 218 g/mol. The molecular formula is C11H13F3O. The van der Waals surface area contributed by atoms with Gasteiger partial charge in [0.25, 0.3) is 0 Å². The van der Waals surface area contributed by atoms with E-state index >= 15 is 0 Å². The van der Waals surface area contributed by atoms with Gasteiger partial charge in [0, 0.05) is 0 Å². The minimum atomic E-state index is -4.30. The largest absolute Gasteiger partial charge is 0.464 e. The molecule has 0 amide bonds. The fourth-order valence-electron chi connectivity index (χ4n) is 1.48. The average Bonchev–Trinajstić information content (AvgIpc) is 2.66. The SMILES string of the molecule is CC.FC(F)(F)C1=CCCc2ccoc21. The number of furan rings is 1. The van der Waals surface area contributed by atoms with Crippen LogP contribution in [0.3, 0.4) is 0 Å². The van der Waals surface area contributed by atoms with Crippen molar-refractivity contribution in [2.24, 2.45) is 0 Å². The Kier molecular flexibility index (Phi) is 3.61. The number of hydrogen-bond donors (Lipinski definition) is 0. The van der Waals surface area contributed by atoms with Crippen LogP contribution < -0.4 is 0 Å². The maximum Gasteiger partial charge on any atom is 0.419 e. The summed E-state index contributed by atoms with van der Waals surface area (Å²) < 4.78 is 41.9. The Morgan fingerprint density at radius 3 is 2.53 bits per heavy atom. The van der Waals surface area contributed by atoms with Crippen LogP contribution in [0.25, 0.3) is 5.57 Å². The predicted octanol–water partition coefficient (Wildman–Crippen LogP) is 4.20. The highest BCUT2D eigenvalue weighted by atomic mass is 19.4. The van der Waals surface area contributed by atoms with E-state index in [0.29, 0.717) is 18.4 Å². The maximum atomic E-state index is 12.4. The quantitative estimate of drug-likeness (QED) is 0.636. The summed E-state index contributed by atoms with van der Waals surface area (Å²) in [5.41, 5.74) is 0.00794. The molecule has 1 aliphatic rings. The second-order valence-corrected chi connectivity index (χ2v) is 2.93. The molecule has 0 aromatic carbocycles. The lowest BCUT2D eigenvalue weighted by Gasteiger charge is -2.14. The molecule has 84 valence electrons. The van der Waals surface area contributed by atoms with Gasteiger partial charge in [-0.25, -0.2) is 0 Å². The summed E-state index contributed by atoms with van der Waals surface area (Å²) in [6.45, 7) is 4.00. The summed E-state index contributed by atoms with van der Waals surface area (Å²) in [5.74, 6) is -0.0150. The number of alkyl halides is 3. The number of rotatable bonds is 0. The molecule has 0 N–H and O–H groups in total. The van der Waals surface area contributed by atoms with Gasteiger partial charge in [-0.3, -0.25) is 0 Å². The fraction of sp³-hybridized carbons (Fsp3) is 0.455. The van der Waals surface area contributed by atoms with Crippen molar-refractivity contribution < 1.29 is 17.6 Å². The number of aryl methyl sites for hydroxylation is 1. The number of hydrogen-bond acceptors (Lipinski definition) is 1. The van der Waals surface area contributed by atoms with Crippen LogP contribution in [0, 0.1) is 0 Å². The van der Waals surface area contributed by atoms with Crippen molar-refractivity contribution in [3.05, 3.63) is 29.7 Å². The third-order valence-electron chi connectivity index (χ3n) is 2.06. The summed E-state index contributed by atoms with van der Waals surface area (Å²) in [6, 6.07) is 1.59. The summed E-state index contributed by atoms with van der Waals surface area (Å²) in [4.78, 5) is 0. The van der Waals surface area contributed by atoms with Crippen LogP contribution in [-0.4, -0.2) is 6.18 Å². The normalized spacial score (nSPS) is 14.9. The Morgan fingerprint density at radius 2 is 1.93 bits per heavy atom. The molecule has 1 nitrogen and oxygen atoms in total. The second kappa shape index (κ2) is 4.55. The van der Waals surface area contributed by atoms with Crippen molar-refractivity contribution in [3.8, 4) is 0 Å². The summed E-state index contributed by atoms with van der Waals surface area (Å²) in [6.07, 6.45) is -0.749. The molecule has 15 heavy (non-hydrogen) atoms. The Balaban J connectivity index is 0.000000531. The van der Waals surface area contributed by atoms with Crippen molar-refractivity contribution in [3.63, 3.8) is 0 Å². The zero-order valence-electron chi connectivity index (χ0n) is 8.69. The molecule has 0 atom stereocenters. The highest BCUT2D eigenvalue weighted by Crippen LogP contribution is 2.38. The number of allylic oxidation sites excluding steroid dienone is 2. The zero-order valence-corrected chi connectivity index (χ0v) is 8.69. The molecular weight excluding hydrogens is 205 g/mol. The molecule has 2 rings (SSSR count). The van der Waals surface area contributed by atoms with Crippen LogP contribution in [-0.2, 0) is 6.42 Å². The summed E-state index contributed by atoms with van der Waals surface area (Å²) >= 11 is 0. The first-order valence-corrected chi connectivity index (χ1v) is 4.93. The van der Waals surface area contributed by atoms with E-state index in [2.05, 4.69) is 0 Å². The van der Waals surface area contributed by atoms with E-state index in [0.717, 1.165) is 0 Å². The van der Waals surface area contributed by atoms with Gasteiger partial charge >= 0.3 is 6.18 Å². The molecule has 1 aromatic rings. The molecule has 0 radical (unpaired) electrons. The Bertz CT molecular complexity index is 347. The molecule has 1 aliphatic carbocycles. The molecule has 0 spiro atoms. The summed E-state index contributed by atoms with van der Waals surface area (Å²) in [7, 11) is 0. The topological polar surface area (TPSA) is 13.1 Å². The third kappa shape index (κ3) is 2.43. The third-order valence-corrected chi connectivity index (χ3v) is 2.06. The first-order valence-electron chi connectivity index (χ1n) is 4.93. The Morgan fingerprint density at radius 1 is 1.27 bits per heavy atom.